The SMILES string of the molecule is CCCCC(=O)C1CCc2c(c(OC)c(C)[nH]c2=O)C1. The van der Waals surface area contributed by atoms with E-state index in [1.54, 1.807) is 7.11 Å². The summed E-state index contributed by atoms with van der Waals surface area (Å²) in [5.41, 5.74) is 2.46. The fraction of sp³-hybridized carbons (Fsp3) is 0.625. The molecule has 2 rings (SSSR count). The molecule has 0 saturated carbocycles. The van der Waals surface area contributed by atoms with Gasteiger partial charge in [0.05, 0.1) is 12.8 Å². The van der Waals surface area contributed by atoms with E-state index in [9.17, 15) is 9.59 Å². The Hall–Kier alpha value is -1.58. The number of aromatic amines is 1. The molecule has 1 heterocycles. The molecule has 1 atom stereocenters. The zero-order valence-electron chi connectivity index (χ0n) is 12.5. The van der Waals surface area contributed by atoms with Crippen molar-refractivity contribution in [3.05, 3.63) is 27.2 Å². The molecule has 1 aromatic heterocycles. The number of rotatable bonds is 5. The molecular formula is C16H23NO3. The van der Waals surface area contributed by atoms with Gasteiger partial charge in [0.15, 0.2) is 0 Å². The highest BCUT2D eigenvalue weighted by Crippen LogP contribution is 2.32. The average Bonchev–Trinajstić information content (AvgIpc) is 2.44. The standard InChI is InChI=1S/C16H23NO3/c1-4-5-6-14(18)11-7-8-12-13(9-11)15(20-3)10(2)17-16(12)19/h11H,4-9H2,1-3H3,(H,17,19). The Morgan fingerprint density at radius 1 is 1.40 bits per heavy atom. The summed E-state index contributed by atoms with van der Waals surface area (Å²) in [5, 5.41) is 0. The molecule has 1 aliphatic rings. The van der Waals surface area contributed by atoms with Gasteiger partial charge in [-0.2, -0.15) is 0 Å². The molecule has 1 N–H and O–H groups in total. The van der Waals surface area contributed by atoms with E-state index < -0.39 is 0 Å². The van der Waals surface area contributed by atoms with Gasteiger partial charge in [-0.25, -0.2) is 0 Å². The van der Waals surface area contributed by atoms with Gasteiger partial charge < -0.3 is 9.72 Å². The van der Waals surface area contributed by atoms with E-state index in [-0.39, 0.29) is 11.5 Å². The van der Waals surface area contributed by atoms with Gasteiger partial charge in [-0.15, -0.1) is 0 Å². The van der Waals surface area contributed by atoms with Crippen molar-refractivity contribution < 1.29 is 9.53 Å². The van der Waals surface area contributed by atoms with Gasteiger partial charge in [-0.3, -0.25) is 9.59 Å². The molecule has 4 heteroatoms. The first-order chi connectivity index (χ1) is 9.58. The number of nitrogens with one attached hydrogen (secondary N) is 1. The van der Waals surface area contributed by atoms with Crippen molar-refractivity contribution in [1.29, 1.82) is 0 Å². The Kier molecular flexibility index (Phi) is 4.63. The molecular weight excluding hydrogens is 254 g/mol. The Balaban J connectivity index is 2.29. The number of hydrogen-bond acceptors (Lipinski definition) is 3. The highest BCUT2D eigenvalue weighted by molar-refractivity contribution is 5.81. The van der Waals surface area contributed by atoms with Gasteiger partial charge >= 0.3 is 0 Å². The Labute approximate surface area is 119 Å². The van der Waals surface area contributed by atoms with Crippen LogP contribution in [0.25, 0.3) is 0 Å². The summed E-state index contributed by atoms with van der Waals surface area (Å²) in [6, 6.07) is 0. The first-order valence-electron chi connectivity index (χ1n) is 7.39. The molecule has 0 aromatic carbocycles. The van der Waals surface area contributed by atoms with E-state index in [1.807, 2.05) is 6.92 Å². The molecule has 0 spiro atoms. The molecule has 1 aliphatic carbocycles. The van der Waals surface area contributed by atoms with Crippen molar-refractivity contribution in [3.63, 3.8) is 0 Å². The monoisotopic (exact) mass is 277 g/mol. The quantitative estimate of drug-likeness (QED) is 0.899. The summed E-state index contributed by atoms with van der Waals surface area (Å²) in [6.45, 7) is 3.93. The number of unbranched alkanes of at least 4 members (excludes halogenated alkanes) is 1. The van der Waals surface area contributed by atoms with Crippen LogP contribution in [0.2, 0.25) is 0 Å². The molecule has 1 unspecified atom stereocenters. The number of methoxy groups -OCH3 is 1. The van der Waals surface area contributed by atoms with Crippen LogP contribution in [-0.4, -0.2) is 17.9 Å². The molecule has 20 heavy (non-hydrogen) atoms. The first-order valence-corrected chi connectivity index (χ1v) is 7.39. The van der Waals surface area contributed by atoms with E-state index in [0.29, 0.717) is 25.0 Å². The van der Waals surface area contributed by atoms with Gasteiger partial charge in [-0.1, -0.05) is 13.3 Å². The Morgan fingerprint density at radius 3 is 2.80 bits per heavy atom. The minimum absolute atomic E-state index is 0.0299. The smallest absolute Gasteiger partial charge is 0.251 e. The lowest BCUT2D eigenvalue weighted by molar-refractivity contribution is -0.123. The van der Waals surface area contributed by atoms with Crippen LogP contribution in [0.4, 0.5) is 0 Å². The second kappa shape index (κ2) is 6.25. The summed E-state index contributed by atoms with van der Waals surface area (Å²) in [4.78, 5) is 27.0. The predicted octanol–water partition coefficient (Wildman–Crippen LogP) is 2.56. The van der Waals surface area contributed by atoms with Crippen LogP contribution in [0.3, 0.4) is 0 Å². The Morgan fingerprint density at radius 2 is 2.15 bits per heavy atom. The van der Waals surface area contributed by atoms with Gasteiger partial charge in [0.2, 0.25) is 0 Å². The fourth-order valence-corrected chi connectivity index (χ4v) is 3.06. The lowest BCUT2D eigenvalue weighted by Crippen LogP contribution is -2.28. The van der Waals surface area contributed by atoms with Gasteiger partial charge in [0.1, 0.15) is 11.5 Å². The number of hydrogen-bond donors (Lipinski definition) is 1. The number of fused-ring (bicyclic) bond motifs is 1. The number of aryl methyl sites for hydroxylation is 1. The number of pyridine rings is 1. The number of H-pyrrole nitrogens is 1. The van der Waals surface area contributed by atoms with E-state index >= 15 is 0 Å². The number of carbonyl (C=O) groups is 1. The number of ketones is 1. The molecule has 0 saturated heterocycles. The van der Waals surface area contributed by atoms with Crippen LogP contribution >= 0.6 is 0 Å². The molecule has 0 fully saturated rings. The third-order valence-electron chi connectivity index (χ3n) is 4.18. The molecule has 0 aliphatic heterocycles. The summed E-state index contributed by atoms with van der Waals surface area (Å²) in [7, 11) is 1.61. The first kappa shape index (κ1) is 14.8. The highest BCUT2D eigenvalue weighted by atomic mass is 16.5. The molecule has 1 aromatic rings. The van der Waals surface area contributed by atoms with Crippen LogP contribution in [-0.2, 0) is 17.6 Å². The maximum absolute atomic E-state index is 12.2. The van der Waals surface area contributed by atoms with Crippen molar-refractivity contribution in [3.8, 4) is 5.75 Å². The van der Waals surface area contributed by atoms with Crippen molar-refractivity contribution in [2.45, 2.75) is 52.4 Å². The van der Waals surface area contributed by atoms with Gasteiger partial charge in [-0.05, 0) is 32.6 Å². The number of aromatic nitrogens is 1. The molecule has 0 bridgehead atoms. The van der Waals surface area contributed by atoms with Crippen LogP contribution in [0.15, 0.2) is 4.79 Å². The predicted molar refractivity (Wildman–Crippen MR) is 78.4 cm³/mol. The van der Waals surface area contributed by atoms with Gasteiger partial charge in [0, 0.05) is 23.5 Å². The zero-order chi connectivity index (χ0) is 14.7. The van der Waals surface area contributed by atoms with Crippen LogP contribution in [0.5, 0.6) is 5.75 Å². The summed E-state index contributed by atoms with van der Waals surface area (Å²) in [6.07, 6.45) is 4.74. The Bertz CT molecular complexity index is 560. The van der Waals surface area contributed by atoms with Crippen LogP contribution < -0.4 is 10.3 Å². The van der Waals surface area contributed by atoms with E-state index in [1.165, 1.54) is 0 Å². The summed E-state index contributed by atoms with van der Waals surface area (Å²) >= 11 is 0. The minimum atomic E-state index is -0.0299. The van der Waals surface area contributed by atoms with E-state index in [0.717, 1.165) is 41.8 Å². The number of ether oxygens (including phenoxy) is 1. The maximum atomic E-state index is 12.2. The maximum Gasteiger partial charge on any atom is 0.251 e. The third-order valence-corrected chi connectivity index (χ3v) is 4.18. The van der Waals surface area contributed by atoms with Crippen molar-refractivity contribution in [2.24, 2.45) is 5.92 Å². The average molecular weight is 277 g/mol. The molecule has 0 radical (unpaired) electrons. The third kappa shape index (κ3) is 2.79. The topological polar surface area (TPSA) is 59.2 Å². The van der Waals surface area contributed by atoms with Crippen molar-refractivity contribution in [2.75, 3.05) is 7.11 Å². The highest BCUT2D eigenvalue weighted by Gasteiger charge is 2.28. The summed E-state index contributed by atoms with van der Waals surface area (Å²) in [5.74, 6) is 1.12. The zero-order valence-corrected chi connectivity index (χ0v) is 12.5. The lowest BCUT2D eigenvalue weighted by atomic mass is 9.80. The van der Waals surface area contributed by atoms with Crippen LogP contribution in [0, 0.1) is 12.8 Å². The fourth-order valence-electron chi connectivity index (χ4n) is 3.06. The molecule has 110 valence electrons. The normalized spacial score (nSPS) is 17.6. The molecule has 0 amide bonds. The number of carbonyl (C=O) groups excluding carboxylic acids is 1. The van der Waals surface area contributed by atoms with Crippen molar-refractivity contribution >= 4 is 5.78 Å². The van der Waals surface area contributed by atoms with Crippen molar-refractivity contribution in [1.82, 2.24) is 4.98 Å². The summed E-state index contributed by atoms with van der Waals surface area (Å²) < 4.78 is 5.43. The minimum Gasteiger partial charge on any atom is -0.495 e. The van der Waals surface area contributed by atoms with E-state index in [4.69, 9.17) is 4.74 Å². The van der Waals surface area contributed by atoms with Crippen LogP contribution in [0.1, 0.15) is 49.4 Å². The number of Topliss-reactive ketones (excluding diaryl/α,β-unsaturated/α-hetero) is 1. The van der Waals surface area contributed by atoms with E-state index in [2.05, 4.69) is 11.9 Å². The molecule has 4 nitrogen and oxygen atoms in total. The lowest BCUT2D eigenvalue weighted by Gasteiger charge is -2.25. The second-order valence-corrected chi connectivity index (χ2v) is 5.58. The largest absolute Gasteiger partial charge is 0.495 e. The second-order valence-electron chi connectivity index (χ2n) is 5.58. The van der Waals surface area contributed by atoms with Gasteiger partial charge in [0.25, 0.3) is 5.56 Å².